The average Bonchev–Trinajstić information content (AvgIpc) is 3.32. The fourth-order valence-corrected chi connectivity index (χ4v) is 4.96. The van der Waals surface area contributed by atoms with Crippen molar-refractivity contribution in [2.45, 2.75) is 57.5 Å². The number of Topliss-reactive ketones (excluding diaryl/α,β-unsaturated/α-hetero) is 2. The van der Waals surface area contributed by atoms with Crippen LogP contribution in [-0.2, 0) is 16.0 Å². The summed E-state index contributed by atoms with van der Waals surface area (Å²) in [6, 6.07) is 3.64. The molecule has 1 aromatic heterocycles. The van der Waals surface area contributed by atoms with Gasteiger partial charge < -0.3 is 14.5 Å². The Hall–Kier alpha value is -2.49. The highest BCUT2D eigenvalue weighted by molar-refractivity contribution is 6.10. The lowest BCUT2D eigenvalue weighted by Gasteiger charge is -2.41. The second kappa shape index (κ2) is 9.56. The molecule has 0 aromatic carbocycles. The van der Waals surface area contributed by atoms with Gasteiger partial charge in [-0.3, -0.25) is 9.59 Å². The first-order chi connectivity index (χ1) is 15.4. The number of nitrogens with zero attached hydrogens (tertiary/aromatic N) is 3. The second-order valence-electron chi connectivity index (χ2n) is 9.39. The first-order valence-electron chi connectivity index (χ1n) is 11.7. The third-order valence-electron chi connectivity index (χ3n) is 7.21. The van der Waals surface area contributed by atoms with E-state index in [4.69, 9.17) is 16.1 Å². The van der Waals surface area contributed by atoms with E-state index in [-0.39, 0.29) is 23.6 Å². The number of likely N-dealkylation sites (tertiary alicyclic amines) is 2. The smallest absolute Gasteiger partial charge is 0.181 e. The Bertz CT molecular complexity index is 961. The van der Waals surface area contributed by atoms with E-state index in [9.17, 15) is 9.59 Å². The zero-order chi connectivity index (χ0) is 22.7. The molecule has 0 saturated carbocycles. The zero-order valence-corrected chi connectivity index (χ0v) is 19.3. The number of carbonyl (C=O) groups is 2. The van der Waals surface area contributed by atoms with Crippen molar-refractivity contribution in [2.24, 2.45) is 0 Å². The largest absolute Gasteiger partial charge is 0.378 e. The fraction of sp³-hybridized carbons (Fsp3) is 0.577. The number of aromatic nitrogens is 1. The van der Waals surface area contributed by atoms with Gasteiger partial charge in [0, 0.05) is 33.0 Å². The predicted octanol–water partition coefficient (Wildman–Crippen LogP) is 3.11. The minimum Gasteiger partial charge on any atom is -0.378 e. The lowest BCUT2D eigenvalue weighted by atomic mass is 9.88. The maximum atomic E-state index is 12.9. The summed E-state index contributed by atoms with van der Waals surface area (Å²) in [4.78, 5) is 35.0. The number of hydrogen-bond acceptors (Lipinski definition) is 6. The van der Waals surface area contributed by atoms with Crippen molar-refractivity contribution in [3.05, 3.63) is 34.7 Å². The van der Waals surface area contributed by atoms with E-state index in [1.807, 2.05) is 6.07 Å². The van der Waals surface area contributed by atoms with E-state index in [0.29, 0.717) is 29.1 Å². The average molecular weight is 436 g/mol. The summed E-state index contributed by atoms with van der Waals surface area (Å²) >= 11 is 0. The first kappa shape index (κ1) is 22.7. The minimum atomic E-state index is -0.171. The molecule has 170 valence electrons. The third kappa shape index (κ3) is 4.65. The van der Waals surface area contributed by atoms with Crippen molar-refractivity contribution in [3.8, 4) is 12.3 Å². The lowest BCUT2D eigenvalue weighted by molar-refractivity contribution is -0.114. The van der Waals surface area contributed by atoms with Gasteiger partial charge in [-0.1, -0.05) is 12.0 Å². The van der Waals surface area contributed by atoms with Crippen molar-refractivity contribution in [1.82, 2.24) is 14.8 Å². The van der Waals surface area contributed by atoms with Crippen LogP contribution in [0.25, 0.3) is 5.70 Å². The molecular formula is C26H33N3O3. The van der Waals surface area contributed by atoms with Crippen molar-refractivity contribution >= 4 is 17.3 Å². The molecular weight excluding hydrogens is 402 g/mol. The Labute approximate surface area is 191 Å². The molecule has 4 rings (SSSR count). The van der Waals surface area contributed by atoms with Gasteiger partial charge in [0.05, 0.1) is 22.6 Å². The number of terminal acetylenes is 1. The Morgan fingerprint density at radius 1 is 1.22 bits per heavy atom. The second-order valence-corrected chi connectivity index (χ2v) is 9.39. The maximum Gasteiger partial charge on any atom is 0.181 e. The molecule has 6 nitrogen and oxygen atoms in total. The number of fused-ring (bicyclic) bond motifs is 1. The van der Waals surface area contributed by atoms with Crippen molar-refractivity contribution in [3.63, 3.8) is 0 Å². The van der Waals surface area contributed by atoms with Gasteiger partial charge in [-0.15, -0.1) is 6.42 Å². The van der Waals surface area contributed by atoms with Gasteiger partial charge in [0.2, 0.25) is 0 Å². The first-order valence-corrected chi connectivity index (χ1v) is 11.7. The number of allylic oxidation sites excluding steroid dienone is 1. The van der Waals surface area contributed by atoms with E-state index in [2.05, 4.69) is 22.6 Å². The summed E-state index contributed by atoms with van der Waals surface area (Å²) in [7, 11) is 1.74. The fourth-order valence-electron chi connectivity index (χ4n) is 4.96. The van der Waals surface area contributed by atoms with Crippen LogP contribution in [0.4, 0.5) is 0 Å². The predicted molar refractivity (Wildman–Crippen MR) is 124 cm³/mol. The summed E-state index contributed by atoms with van der Waals surface area (Å²) in [5, 5.41) is 0. The molecule has 0 N–H and O–H groups in total. The highest BCUT2D eigenvalue weighted by Crippen LogP contribution is 2.35. The van der Waals surface area contributed by atoms with E-state index in [1.54, 1.807) is 13.2 Å². The number of ketones is 2. The molecule has 1 aliphatic carbocycles. The van der Waals surface area contributed by atoms with E-state index < -0.39 is 0 Å². The van der Waals surface area contributed by atoms with Crippen LogP contribution in [0.3, 0.4) is 0 Å². The molecule has 0 unspecified atom stereocenters. The molecule has 32 heavy (non-hydrogen) atoms. The Morgan fingerprint density at radius 2 is 1.94 bits per heavy atom. The number of rotatable bonds is 7. The molecule has 3 heterocycles. The summed E-state index contributed by atoms with van der Waals surface area (Å²) in [5.41, 5.74) is 2.93. The summed E-state index contributed by atoms with van der Waals surface area (Å²) < 4.78 is 5.67. The highest BCUT2D eigenvalue weighted by Gasteiger charge is 2.35. The Kier molecular flexibility index (Phi) is 6.78. The molecule has 0 spiro atoms. The maximum absolute atomic E-state index is 12.9. The van der Waals surface area contributed by atoms with E-state index >= 15 is 0 Å². The number of methoxy groups -OCH3 is 1. The molecule has 1 aromatic rings. The molecule has 0 radical (unpaired) electrons. The van der Waals surface area contributed by atoms with Crippen LogP contribution < -0.4 is 0 Å². The van der Waals surface area contributed by atoms with Gasteiger partial charge in [-0.05, 0) is 70.3 Å². The monoisotopic (exact) mass is 435 g/mol. The van der Waals surface area contributed by atoms with Crippen LogP contribution in [0.5, 0.6) is 0 Å². The number of pyridine rings is 1. The molecule has 3 aliphatic rings. The van der Waals surface area contributed by atoms with Crippen molar-refractivity contribution in [1.29, 1.82) is 0 Å². The highest BCUT2D eigenvalue weighted by atomic mass is 16.5. The molecule has 6 heteroatoms. The van der Waals surface area contributed by atoms with Crippen LogP contribution in [0.2, 0.25) is 0 Å². The summed E-state index contributed by atoms with van der Waals surface area (Å²) in [5.74, 6) is 2.62. The molecule has 2 aliphatic heterocycles. The normalized spacial score (nSPS) is 20.9. The van der Waals surface area contributed by atoms with Crippen LogP contribution in [0.1, 0.15) is 67.2 Å². The third-order valence-corrected chi connectivity index (χ3v) is 7.21. The number of piperidine rings is 1. The van der Waals surface area contributed by atoms with Gasteiger partial charge in [0.1, 0.15) is 5.69 Å². The van der Waals surface area contributed by atoms with Gasteiger partial charge in [-0.25, -0.2) is 4.98 Å². The van der Waals surface area contributed by atoms with E-state index in [1.165, 1.54) is 12.8 Å². The zero-order valence-electron chi connectivity index (χ0n) is 19.3. The van der Waals surface area contributed by atoms with Crippen LogP contribution in [0, 0.1) is 12.3 Å². The molecule has 2 fully saturated rings. The SMILES string of the molecule is C#CC1=C(N2CCC(C)(OC)CC2)c2nc(C(=O)CCCN3CCCC3)ccc2CC1=O. The molecule has 0 atom stereocenters. The van der Waals surface area contributed by atoms with Crippen LogP contribution in [0.15, 0.2) is 17.7 Å². The van der Waals surface area contributed by atoms with Gasteiger partial charge >= 0.3 is 0 Å². The topological polar surface area (TPSA) is 62.7 Å². The van der Waals surface area contributed by atoms with Crippen LogP contribution >= 0.6 is 0 Å². The minimum absolute atomic E-state index is 0.0520. The van der Waals surface area contributed by atoms with Gasteiger partial charge in [-0.2, -0.15) is 0 Å². The van der Waals surface area contributed by atoms with Crippen molar-refractivity contribution < 1.29 is 14.3 Å². The van der Waals surface area contributed by atoms with Crippen molar-refractivity contribution in [2.75, 3.05) is 39.8 Å². The van der Waals surface area contributed by atoms with Gasteiger partial charge in [0.15, 0.2) is 11.6 Å². The standard InChI is InChI=1S/C26H33N3O3/c1-4-20-23(31)18-19-9-10-21(22(30)8-7-15-28-13-5-6-14-28)27-24(19)25(20)29-16-11-26(2,32-3)12-17-29/h1,9-10H,5-8,11-18H2,2-3H3. The summed E-state index contributed by atoms with van der Waals surface area (Å²) in [6.45, 7) is 6.81. The molecule has 0 amide bonds. The van der Waals surface area contributed by atoms with Gasteiger partial charge in [0.25, 0.3) is 0 Å². The Morgan fingerprint density at radius 3 is 2.59 bits per heavy atom. The lowest BCUT2D eigenvalue weighted by Crippen LogP contribution is -2.44. The number of carbonyl (C=O) groups excluding carboxylic acids is 2. The summed E-state index contributed by atoms with van der Waals surface area (Å²) in [6.07, 6.45) is 11.5. The number of hydrogen-bond donors (Lipinski definition) is 0. The number of ether oxygens (including phenoxy) is 1. The Balaban J connectivity index is 1.55. The molecule has 0 bridgehead atoms. The quantitative estimate of drug-likeness (QED) is 0.484. The van der Waals surface area contributed by atoms with Crippen LogP contribution in [-0.4, -0.2) is 71.8 Å². The van der Waals surface area contributed by atoms with E-state index in [0.717, 1.165) is 57.5 Å². The molecule has 2 saturated heterocycles.